The molecule has 0 bridgehead atoms. The Morgan fingerprint density at radius 3 is 2.50 bits per heavy atom. The highest BCUT2D eigenvalue weighted by Gasteiger charge is 2.43. The molecule has 0 saturated carbocycles. The minimum absolute atomic E-state index is 0.00393. The van der Waals surface area contributed by atoms with Gasteiger partial charge in [0.05, 0.1) is 36.2 Å². The number of carbonyl (C=O) groups is 3. The molecule has 3 N–H and O–H groups in total. The number of methoxy groups -OCH3 is 2. The Balaban J connectivity index is 1.41. The van der Waals surface area contributed by atoms with Crippen LogP contribution in [0.2, 0.25) is 0 Å². The average molecular weight is 583 g/mol. The first-order valence-corrected chi connectivity index (χ1v) is 13.4. The molecule has 2 aliphatic heterocycles. The van der Waals surface area contributed by atoms with Gasteiger partial charge in [0.2, 0.25) is 0 Å². The van der Waals surface area contributed by atoms with E-state index >= 15 is 0 Å². The highest BCUT2D eigenvalue weighted by molar-refractivity contribution is 6.01. The lowest BCUT2D eigenvalue weighted by Gasteiger charge is -2.37. The highest BCUT2D eigenvalue weighted by Crippen LogP contribution is 2.35. The molecule has 1 unspecified atom stereocenters. The van der Waals surface area contributed by atoms with Crippen molar-refractivity contribution in [1.82, 2.24) is 20.9 Å². The van der Waals surface area contributed by atoms with E-state index in [-0.39, 0.29) is 36.0 Å². The molecule has 4 rings (SSSR count). The number of para-hydroxylation sites is 1. The van der Waals surface area contributed by atoms with Crippen molar-refractivity contribution >= 4 is 23.7 Å². The second kappa shape index (κ2) is 13.9. The number of anilines is 1. The van der Waals surface area contributed by atoms with Crippen LogP contribution in [0.15, 0.2) is 53.7 Å². The van der Waals surface area contributed by atoms with Crippen molar-refractivity contribution in [3.05, 3.63) is 76.5 Å². The Labute approximate surface area is 242 Å². The highest BCUT2D eigenvalue weighted by atomic mass is 19.2. The van der Waals surface area contributed by atoms with E-state index in [0.717, 1.165) is 55.8 Å². The fourth-order valence-corrected chi connectivity index (χ4v) is 5.18. The lowest BCUT2D eigenvalue weighted by atomic mass is 9.93. The van der Waals surface area contributed by atoms with Gasteiger partial charge in [0, 0.05) is 39.3 Å². The minimum atomic E-state index is -1.40. The average Bonchev–Trinajstić information content (AvgIpc) is 3.00. The van der Waals surface area contributed by atoms with Gasteiger partial charge in [-0.2, -0.15) is 5.26 Å². The zero-order chi connectivity index (χ0) is 30.2. The summed E-state index contributed by atoms with van der Waals surface area (Å²) in [4.78, 5) is 42.1. The Kier molecular flexibility index (Phi) is 10.1. The van der Waals surface area contributed by atoms with Gasteiger partial charge in [-0.1, -0.05) is 18.2 Å². The molecular formula is C29H32F2N6O5. The van der Waals surface area contributed by atoms with Crippen molar-refractivity contribution in [3.63, 3.8) is 0 Å². The van der Waals surface area contributed by atoms with E-state index in [0.29, 0.717) is 12.1 Å². The van der Waals surface area contributed by atoms with Gasteiger partial charge in [-0.15, -0.1) is 0 Å². The lowest BCUT2D eigenvalue weighted by Crippen LogP contribution is -2.56. The van der Waals surface area contributed by atoms with Crippen LogP contribution in [0, 0.1) is 23.0 Å². The molecule has 1 atom stereocenters. The molecule has 4 amide bonds. The smallest absolute Gasteiger partial charge is 0.338 e. The summed E-state index contributed by atoms with van der Waals surface area (Å²) in [6.45, 7) is 1.87. The molecule has 1 fully saturated rings. The Bertz CT molecular complexity index is 1400. The number of urea groups is 2. The van der Waals surface area contributed by atoms with Crippen molar-refractivity contribution in [2.75, 3.05) is 51.9 Å². The van der Waals surface area contributed by atoms with Gasteiger partial charge in [-0.05, 0) is 42.7 Å². The van der Waals surface area contributed by atoms with Gasteiger partial charge >= 0.3 is 18.0 Å². The van der Waals surface area contributed by atoms with Crippen LogP contribution < -0.4 is 20.9 Å². The van der Waals surface area contributed by atoms with Crippen LogP contribution in [0.5, 0.6) is 0 Å². The zero-order valence-corrected chi connectivity index (χ0v) is 23.3. The number of benzene rings is 2. The van der Waals surface area contributed by atoms with Crippen LogP contribution in [0.4, 0.5) is 24.1 Å². The van der Waals surface area contributed by atoms with Gasteiger partial charge in [0.15, 0.2) is 11.6 Å². The number of ether oxygens (including phenoxy) is 2. The normalized spacial score (nSPS) is 17.5. The second-order valence-electron chi connectivity index (χ2n) is 9.77. The number of nitriles is 1. The molecule has 42 heavy (non-hydrogen) atoms. The summed E-state index contributed by atoms with van der Waals surface area (Å²) >= 11 is 0. The number of hydrogen-bond acceptors (Lipinski definition) is 8. The fraction of sp³-hybridized carbons (Fsp3) is 0.379. The van der Waals surface area contributed by atoms with Gasteiger partial charge in [-0.25, -0.2) is 28.1 Å². The van der Waals surface area contributed by atoms with E-state index in [9.17, 15) is 28.4 Å². The number of esters is 1. The van der Waals surface area contributed by atoms with Crippen molar-refractivity contribution in [1.29, 1.82) is 5.26 Å². The van der Waals surface area contributed by atoms with E-state index < -0.39 is 35.7 Å². The molecule has 0 radical (unpaired) electrons. The number of piperidine rings is 1. The zero-order valence-electron chi connectivity index (χ0n) is 23.3. The summed E-state index contributed by atoms with van der Waals surface area (Å²) in [5.74, 6) is -3.20. The van der Waals surface area contributed by atoms with Crippen LogP contribution in [0.1, 0.15) is 30.0 Å². The molecule has 0 spiro atoms. The topological polar surface area (TPSA) is 136 Å². The van der Waals surface area contributed by atoms with E-state index in [1.165, 1.54) is 13.2 Å². The number of imide groups is 1. The maximum atomic E-state index is 14.2. The first kappa shape index (κ1) is 30.4. The van der Waals surface area contributed by atoms with Crippen LogP contribution in [0.3, 0.4) is 0 Å². The number of carbonyl (C=O) groups excluding carboxylic acids is 3. The maximum absolute atomic E-state index is 14.2. The molecule has 11 nitrogen and oxygen atoms in total. The van der Waals surface area contributed by atoms with Crippen molar-refractivity contribution in [3.8, 4) is 6.07 Å². The van der Waals surface area contributed by atoms with Crippen LogP contribution >= 0.6 is 0 Å². The monoisotopic (exact) mass is 582 g/mol. The van der Waals surface area contributed by atoms with Crippen LogP contribution in [-0.2, 0) is 14.3 Å². The second-order valence-corrected chi connectivity index (χ2v) is 9.77. The number of amides is 4. The van der Waals surface area contributed by atoms with Gasteiger partial charge < -0.3 is 30.3 Å². The summed E-state index contributed by atoms with van der Waals surface area (Å²) in [6, 6.07) is 9.64. The SMILES string of the molecule is COCC1=C(C(=O)OC)C(c2ccc(F)c(F)c2)N(C(=O)NCCNC2CCN(c3ccccc3C#N)CC2)C(=O)N1. The molecule has 2 aromatic carbocycles. The fourth-order valence-electron chi connectivity index (χ4n) is 5.18. The van der Waals surface area contributed by atoms with Gasteiger partial charge in [0.25, 0.3) is 0 Å². The molecule has 2 heterocycles. The predicted octanol–water partition coefficient (Wildman–Crippen LogP) is 2.94. The lowest BCUT2D eigenvalue weighted by molar-refractivity contribution is -0.137. The first-order chi connectivity index (χ1) is 20.3. The number of halogens is 2. The molecule has 0 aliphatic carbocycles. The summed E-state index contributed by atoms with van der Waals surface area (Å²) < 4.78 is 37.9. The molecular weight excluding hydrogens is 550 g/mol. The molecule has 1 saturated heterocycles. The van der Waals surface area contributed by atoms with E-state index in [1.54, 1.807) is 6.07 Å². The third kappa shape index (κ3) is 6.67. The molecule has 13 heteroatoms. The van der Waals surface area contributed by atoms with Crippen molar-refractivity contribution < 1.29 is 32.6 Å². The third-order valence-corrected chi connectivity index (χ3v) is 7.20. The Morgan fingerprint density at radius 1 is 1.10 bits per heavy atom. The molecule has 2 aromatic rings. The summed E-state index contributed by atoms with van der Waals surface area (Å²) in [5.41, 5.74) is 1.43. The van der Waals surface area contributed by atoms with Gasteiger partial charge in [-0.3, -0.25) is 0 Å². The maximum Gasteiger partial charge on any atom is 0.338 e. The number of rotatable bonds is 9. The van der Waals surface area contributed by atoms with Gasteiger partial charge in [0.1, 0.15) is 12.1 Å². The molecule has 222 valence electrons. The van der Waals surface area contributed by atoms with Crippen LogP contribution in [-0.4, -0.2) is 76.0 Å². The third-order valence-electron chi connectivity index (χ3n) is 7.20. The predicted molar refractivity (Wildman–Crippen MR) is 148 cm³/mol. The minimum Gasteiger partial charge on any atom is -0.466 e. The largest absolute Gasteiger partial charge is 0.466 e. The first-order valence-electron chi connectivity index (χ1n) is 13.4. The number of nitrogens with one attached hydrogen (secondary N) is 3. The van der Waals surface area contributed by atoms with Crippen LogP contribution in [0.25, 0.3) is 0 Å². The quantitative estimate of drug-likeness (QED) is 0.303. The number of hydrogen-bond donors (Lipinski definition) is 3. The summed E-state index contributed by atoms with van der Waals surface area (Å²) in [7, 11) is 2.48. The van der Waals surface area contributed by atoms with E-state index in [4.69, 9.17) is 9.47 Å². The van der Waals surface area contributed by atoms with Crippen molar-refractivity contribution in [2.45, 2.75) is 24.9 Å². The summed E-state index contributed by atoms with van der Waals surface area (Å²) in [6.07, 6.45) is 1.66. The Hall–Kier alpha value is -4.54. The standard InChI is InChI=1S/C29H32F2N6O5/c1-41-17-23-25(27(38)42-2)26(18-7-8-21(30)22(31)15-18)37(29(40)35-23)28(39)34-12-11-33-20-9-13-36(14-10-20)24-6-4-3-5-19(24)16-32/h3-8,15,20,26,33H,9-14,17H2,1-2H3,(H,34,39)(H,35,40). The van der Waals surface area contributed by atoms with E-state index in [1.807, 2.05) is 18.2 Å². The molecule has 2 aliphatic rings. The number of nitrogens with zero attached hydrogens (tertiary/aromatic N) is 3. The summed E-state index contributed by atoms with van der Waals surface area (Å²) in [5, 5.41) is 17.9. The Morgan fingerprint density at radius 2 is 1.83 bits per heavy atom. The van der Waals surface area contributed by atoms with E-state index in [2.05, 4.69) is 26.9 Å². The molecule has 0 aromatic heterocycles. The van der Waals surface area contributed by atoms with Crippen molar-refractivity contribution in [2.24, 2.45) is 0 Å².